The molecule has 1 unspecified atom stereocenters. The topological polar surface area (TPSA) is 35.2 Å². The van der Waals surface area contributed by atoms with Crippen LogP contribution in [0.3, 0.4) is 0 Å². The summed E-state index contributed by atoms with van der Waals surface area (Å²) in [6.07, 6.45) is -11.2. The summed E-state index contributed by atoms with van der Waals surface area (Å²) in [5.41, 5.74) is 2.39. The van der Waals surface area contributed by atoms with Gasteiger partial charge < -0.3 is 10.5 Å². The molecule has 0 amide bonds. The van der Waals surface area contributed by atoms with Gasteiger partial charge in [-0.3, -0.25) is 0 Å². The predicted octanol–water partition coefficient (Wildman–Crippen LogP) is 4.15. The first-order valence-corrected chi connectivity index (χ1v) is 6.10. The molecule has 1 aromatic rings. The summed E-state index contributed by atoms with van der Waals surface area (Å²) in [7, 11) is 0. The van der Waals surface area contributed by atoms with Crippen molar-refractivity contribution in [2.45, 2.75) is 38.4 Å². The van der Waals surface area contributed by atoms with Crippen LogP contribution in [0.5, 0.6) is 0 Å². The Morgan fingerprint density at radius 3 is 1.67 bits per heavy atom. The van der Waals surface area contributed by atoms with Crippen molar-refractivity contribution in [2.24, 2.45) is 5.73 Å². The molecular weight excluding hydrogens is 300 g/mol. The van der Waals surface area contributed by atoms with Crippen molar-refractivity contribution in [2.75, 3.05) is 6.54 Å². The van der Waals surface area contributed by atoms with Gasteiger partial charge in [0.2, 0.25) is 0 Å². The molecule has 0 aromatic heterocycles. The molecule has 1 atom stereocenters. The summed E-state index contributed by atoms with van der Waals surface area (Å²) in [6, 6.07) is 1.34. The van der Waals surface area contributed by atoms with Crippen molar-refractivity contribution >= 4 is 0 Å². The lowest BCUT2D eigenvalue weighted by molar-refractivity contribution is -0.143. The fourth-order valence-corrected chi connectivity index (χ4v) is 1.76. The summed E-state index contributed by atoms with van der Waals surface area (Å²) < 4.78 is 81.6. The normalized spacial score (nSPS) is 14.6. The van der Waals surface area contributed by atoms with Crippen molar-refractivity contribution in [3.63, 3.8) is 0 Å². The van der Waals surface area contributed by atoms with Crippen molar-refractivity contribution in [3.05, 3.63) is 34.9 Å². The molecular formula is C13H15F6NO. The second-order valence-corrected chi connectivity index (χ2v) is 4.75. The first kappa shape index (κ1) is 17.8. The van der Waals surface area contributed by atoms with E-state index in [1.807, 2.05) is 0 Å². The Hall–Kier alpha value is -1.28. The Morgan fingerprint density at radius 1 is 0.952 bits per heavy atom. The number of halogens is 6. The van der Waals surface area contributed by atoms with Crippen LogP contribution in [0.25, 0.3) is 0 Å². The SMILES string of the molecule is CC(C)OC(CN)c1cc(C(F)(F)F)cc(C(F)(F)F)c1. The van der Waals surface area contributed by atoms with Gasteiger partial charge in [0.25, 0.3) is 0 Å². The van der Waals surface area contributed by atoms with Crippen LogP contribution >= 0.6 is 0 Å². The van der Waals surface area contributed by atoms with Crippen LogP contribution in [0.4, 0.5) is 26.3 Å². The first-order valence-electron chi connectivity index (χ1n) is 6.10. The molecule has 0 radical (unpaired) electrons. The molecule has 0 heterocycles. The van der Waals surface area contributed by atoms with Crippen LogP contribution in [0, 0.1) is 0 Å². The quantitative estimate of drug-likeness (QED) is 0.847. The van der Waals surface area contributed by atoms with E-state index in [9.17, 15) is 26.3 Å². The molecule has 0 fully saturated rings. The summed E-state index contributed by atoms with van der Waals surface area (Å²) in [6.45, 7) is 3.00. The van der Waals surface area contributed by atoms with Gasteiger partial charge in [-0.25, -0.2) is 0 Å². The summed E-state index contributed by atoms with van der Waals surface area (Å²) in [5, 5.41) is 0. The Kier molecular flexibility index (Phi) is 5.27. The van der Waals surface area contributed by atoms with E-state index in [0.29, 0.717) is 12.1 Å². The Labute approximate surface area is 117 Å². The fourth-order valence-electron chi connectivity index (χ4n) is 1.76. The molecule has 0 saturated heterocycles. The van der Waals surface area contributed by atoms with E-state index >= 15 is 0 Å². The largest absolute Gasteiger partial charge is 0.416 e. The standard InChI is InChI=1S/C13H15F6NO/c1-7(2)21-11(6-20)8-3-9(12(14,15)16)5-10(4-8)13(17,18)19/h3-5,7,11H,6,20H2,1-2H3. The minimum atomic E-state index is -4.88. The van der Waals surface area contributed by atoms with Gasteiger partial charge in [-0.1, -0.05) is 0 Å². The van der Waals surface area contributed by atoms with Crippen LogP contribution in [-0.2, 0) is 17.1 Å². The number of nitrogens with two attached hydrogens (primary N) is 1. The number of hydrogen-bond donors (Lipinski definition) is 1. The molecule has 1 aromatic carbocycles. The zero-order chi connectivity index (χ0) is 16.4. The Balaban J connectivity index is 3.37. The second-order valence-electron chi connectivity index (χ2n) is 4.75. The van der Waals surface area contributed by atoms with E-state index < -0.39 is 29.6 Å². The highest BCUT2D eigenvalue weighted by atomic mass is 19.4. The minimum absolute atomic E-state index is 0.0758. The third-order valence-corrected chi connectivity index (χ3v) is 2.63. The lowest BCUT2D eigenvalue weighted by Crippen LogP contribution is -2.21. The van der Waals surface area contributed by atoms with Crippen LogP contribution in [-0.4, -0.2) is 12.6 Å². The van der Waals surface area contributed by atoms with E-state index in [1.165, 1.54) is 0 Å². The van der Waals surface area contributed by atoms with Gasteiger partial charge in [-0.05, 0) is 37.6 Å². The highest BCUT2D eigenvalue weighted by Gasteiger charge is 2.37. The van der Waals surface area contributed by atoms with Crippen LogP contribution in [0.15, 0.2) is 18.2 Å². The molecule has 0 spiro atoms. The third-order valence-electron chi connectivity index (χ3n) is 2.63. The van der Waals surface area contributed by atoms with E-state index in [-0.39, 0.29) is 24.3 Å². The Bertz CT molecular complexity index is 448. The fraction of sp³-hybridized carbons (Fsp3) is 0.538. The highest BCUT2D eigenvalue weighted by molar-refractivity contribution is 5.35. The molecule has 0 bridgehead atoms. The number of rotatable bonds is 4. The highest BCUT2D eigenvalue weighted by Crippen LogP contribution is 2.37. The maximum atomic E-state index is 12.7. The number of hydrogen-bond acceptors (Lipinski definition) is 2. The average Bonchev–Trinajstić information content (AvgIpc) is 2.33. The molecule has 0 aliphatic rings. The van der Waals surface area contributed by atoms with E-state index in [4.69, 9.17) is 10.5 Å². The molecule has 0 aliphatic heterocycles. The Morgan fingerprint density at radius 2 is 1.38 bits per heavy atom. The van der Waals surface area contributed by atoms with Crippen molar-refractivity contribution < 1.29 is 31.1 Å². The van der Waals surface area contributed by atoms with Gasteiger partial charge in [0.15, 0.2) is 0 Å². The van der Waals surface area contributed by atoms with Gasteiger partial charge >= 0.3 is 12.4 Å². The molecule has 1 rings (SSSR count). The molecule has 120 valence electrons. The van der Waals surface area contributed by atoms with Crippen molar-refractivity contribution in [1.29, 1.82) is 0 Å². The second kappa shape index (κ2) is 6.23. The lowest BCUT2D eigenvalue weighted by Gasteiger charge is -2.22. The van der Waals surface area contributed by atoms with Crippen molar-refractivity contribution in [1.82, 2.24) is 0 Å². The average molecular weight is 315 g/mol. The molecule has 0 saturated carbocycles. The number of ether oxygens (including phenoxy) is 1. The summed E-state index contributed by atoms with van der Waals surface area (Å²) in [4.78, 5) is 0. The zero-order valence-corrected chi connectivity index (χ0v) is 11.3. The molecule has 2 N–H and O–H groups in total. The van der Waals surface area contributed by atoms with Gasteiger partial charge in [0, 0.05) is 6.54 Å². The van der Waals surface area contributed by atoms with Gasteiger partial charge in [0.05, 0.1) is 23.3 Å². The van der Waals surface area contributed by atoms with Gasteiger partial charge in [-0.15, -0.1) is 0 Å². The predicted molar refractivity (Wildman–Crippen MR) is 64.5 cm³/mol. The van der Waals surface area contributed by atoms with Crippen LogP contribution in [0.1, 0.15) is 36.6 Å². The summed E-state index contributed by atoms with van der Waals surface area (Å²) >= 11 is 0. The molecule has 0 aliphatic carbocycles. The summed E-state index contributed by atoms with van der Waals surface area (Å²) in [5.74, 6) is 0. The first-order chi connectivity index (χ1) is 9.45. The molecule has 21 heavy (non-hydrogen) atoms. The molecule has 8 heteroatoms. The van der Waals surface area contributed by atoms with Crippen molar-refractivity contribution in [3.8, 4) is 0 Å². The zero-order valence-electron chi connectivity index (χ0n) is 11.3. The monoisotopic (exact) mass is 315 g/mol. The number of alkyl halides is 6. The van der Waals surface area contributed by atoms with Gasteiger partial charge in [0.1, 0.15) is 0 Å². The maximum absolute atomic E-state index is 12.7. The smallest absolute Gasteiger partial charge is 0.370 e. The lowest BCUT2D eigenvalue weighted by atomic mass is 10.0. The number of benzene rings is 1. The van der Waals surface area contributed by atoms with Crippen LogP contribution in [0.2, 0.25) is 0 Å². The van der Waals surface area contributed by atoms with E-state index in [2.05, 4.69) is 0 Å². The minimum Gasteiger partial charge on any atom is -0.370 e. The van der Waals surface area contributed by atoms with E-state index in [0.717, 1.165) is 0 Å². The molecule has 2 nitrogen and oxygen atoms in total. The van der Waals surface area contributed by atoms with E-state index in [1.54, 1.807) is 13.8 Å². The third kappa shape index (κ3) is 4.89. The van der Waals surface area contributed by atoms with Crippen LogP contribution < -0.4 is 5.73 Å². The maximum Gasteiger partial charge on any atom is 0.416 e. The van der Waals surface area contributed by atoms with Gasteiger partial charge in [-0.2, -0.15) is 26.3 Å².